The van der Waals surface area contributed by atoms with Gasteiger partial charge in [0.1, 0.15) is 12.4 Å². The van der Waals surface area contributed by atoms with Gasteiger partial charge < -0.3 is 19.4 Å². The number of nitrogens with one attached hydrogen (secondary N) is 1. The first-order valence-corrected chi connectivity index (χ1v) is 10.5. The molecule has 0 radical (unpaired) electrons. The van der Waals surface area contributed by atoms with E-state index in [1.54, 1.807) is 17.0 Å². The molecule has 3 aromatic rings. The molecule has 7 heteroatoms. The molecule has 5 rings (SSSR count). The van der Waals surface area contributed by atoms with Crippen molar-refractivity contribution in [3.63, 3.8) is 0 Å². The molecular formula is C22H20N2O4S. The van der Waals surface area contributed by atoms with Gasteiger partial charge in [-0.15, -0.1) is 11.3 Å². The number of furan rings is 1. The normalized spacial score (nSPS) is 15.9. The smallest absolute Gasteiger partial charge is 0.289 e. The summed E-state index contributed by atoms with van der Waals surface area (Å²) >= 11 is 1.51. The lowest BCUT2D eigenvalue weighted by Gasteiger charge is -2.31. The van der Waals surface area contributed by atoms with Gasteiger partial charge >= 0.3 is 0 Å². The Kier molecular flexibility index (Phi) is 4.60. The summed E-state index contributed by atoms with van der Waals surface area (Å²) in [5, 5.41) is 3.13. The number of hydrogen-bond acceptors (Lipinski definition) is 5. The van der Waals surface area contributed by atoms with Crippen LogP contribution < -0.4 is 10.1 Å². The quantitative estimate of drug-likeness (QED) is 0.713. The number of nitrogens with zero attached hydrogens (tertiary/aromatic N) is 1. The topological polar surface area (TPSA) is 71.8 Å². The molecule has 29 heavy (non-hydrogen) atoms. The third-order valence-electron chi connectivity index (χ3n) is 5.40. The molecule has 0 aliphatic carbocycles. The van der Waals surface area contributed by atoms with Crippen LogP contribution in [0.15, 0.2) is 53.1 Å². The van der Waals surface area contributed by atoms with Crippen LogP contribution in [0.1, 0.15) is 38.6 Å². The summed E-state index contributed by atoms with van der Waals surface area (Å²) in [5.41, 5.74) is 2.10. The maximum atomic E-state index is 12.8. The highest BCUT2D eigenvalue weighted by molar-refractivity contribution is 7.17. The van der Waals surface area contributed by atoms with Gasteiger partial charge in [0, 0.05) is 35.1 Å². The summed E-state index contributed by atoms with van der Waals surface area (Å²) < 4.78 is 11.0. The average Bonchev–Trinajstić information content (AvgIpc) is 3.44. The summed E-state index contributed by atoms with van der Waals surface area (Å²) in [7, 11) is 0. The van der Waals surface area contributed by atoms with E-state index in [0.29, 0.717) is 30.3 Å². The maximum Gasteiger partial charge on any atom is 0.289 e. The molecule has 0 atom stereocenters. The van der Waals surface area contributed by atoms with Gasteiger partial charge in [-0.05, 0) is 43.2 Å². The lowest BCUT2D eigenvalue weighted by molar-refractivity contribution is 0.0667. The number of amides is 2. The van der Waals surface area contributed by atoms with Gasteiger partial charge in [-0.2, -0.15) is 0 Å². The molecule has 1 fully saturated rings. The van der Waals surface area contributed by atoms with E-state index in [4.69, 9.17) is 9.15 Å². The Balaban J connectivity index is 1.23. The Morgan fingerprint density at radius 3 is 2.72 bits per heavy atom. The van der Waals surface area contributed by atoms with Gasteiger partial charge in [-0.3, -0.25) is 9.59 Å². The van der Waals surface area contributed by atoms with E-state index in [0.717, 1.165) is 34.6 Å². The van der Waals surface area contributed by atoms with Crippen molar-refractivity contribution in [2.75, 3.05) is 13.1 Å². The number of likely N-dealkylation sites (tertiary alicyclic amines) is 1. The predicted molar refractivity (Wildman–Crippen MR) is 109 cm³/mol. The van der Waals surface area contributed by atoms with Gasteiger partial charge in [0.15, 0.2) is 5.76 Å². The zero-order valence-corrected chi connectivity index (χ0v) is 16.5. The summed E-state index contributed by atoms with van der Waals surface area (Å²) in [6.07, 6.45) is 2.97. The van der Waals surface area contributed by atoms with E-state index in [1.165, 1.54) is 17.6 Å². The number of piperidine rings is 1. The molecule has 2 aliphatic heterocycles. The highest BCUT2D eigenvalue weighted by atomic mass is 32.1. The molecular weight excluding hydrogens is 388 g/mol. The lowest BCUT2D eigenvalue weighted by Crippen LogP contribution is -2.46. The second-order valence-corrected chi connectivity index (χ2v) is 8.32. The first kappa shape index (κ1) is 18.0. The average molecular weight is 408 g/mol. The molecule has 0 spiro atoms. The van der Waals surface area contributed by atoms with Crippen LogP contribution in [0, 0.1) is 0 Å². The summed E-state index contributed by atoms with van der Waals surface area (Å²) in [6.45, 7) is 1.70. The maximum absolute atomic E-state index is 12.8. The van der Waals surface area contributed by atoms with Gasteiger partial charge in [-0.1, -0.05) is 12.1 Å². The fraction of sp³-hybridized carbons (Fsp3) is 0.273. The van der Waals surface area contributed by atoms with Crippen LogP contribution in [0.3, 0.4) is 0 Å². The van der Waals surface area contributed by atoms with Crippen molar-refractivity contribution < 1.29 is 18.7 Å². The first-order valence-electron chi connectivity index (χ1n) is 9.67. The Morgan fingerprint density at radius 1 is 1.10 bits per heavy atom. The fourth-order valence-corrected chi connectivity index (χ4v) is 4.95. The van der Waals surface area contributed by atoms with Crippen LogP contribution in [0.2, 0.25) is 0 Å². The van der Waals surface area contributed by atoms with Crippen molar-refractivity contribution >= 4 is 23.2 Å². The molecule has 4 heterocycles. The molecule has 0 bridgehead atoms. The van der Waals surface area contributed by atoms with E-state index in [9.17, 15) is 9.59 Å². The molecule has 1 aromatic carbocycles. The summed E-state index contributed by atoms with van der Waals surface area (Å²) in [5.74, 6) is 1.07. The molecule has 2 amide bonds. The largest absolute Gasteiger partial charge is 0.488 e. The third kappa shape index (κ3) is 3.42. The highest BCUT2D eigenvalue weighted by Crippen LogP contribution is 2.42. The van der Waals surface area contributed by atoms with Crippen LogP contribution in [0.25, 0.3) is 10.4 Å². The van der Waals surface area contributed by atoms with Crippen molar-refractivity contribution in [1.29, 1.82) is 0 Å². The number of benzene rings is 1. The zero-order chi connectivity index (χ0) is 19.8. The Bertz CT molecular complexity index is 1050. The number of thiophene rings is 1. The number of rotatable bonds is 3. The first-order chi connectivity index (χ1) is 14.2. The van der Waals surface area contributed by atoms with Crippen molar-refractivity contribution in [2.45, 2.75) is 25.5 Å². The predicted octanol–water partition coefficient (Wildman–Crippen LogP) is 3.94. The molecule has 2 aromatic heterocycles. The molecule has 6 nitrogen and oxygen atoms in total. The van der Waals surface area contributed by atoms with Gasteiger partial charge in [0.05, 0.1) is 11.1 Å². The van der Waals surface area contributed by atoms with Crippen molar-refractivity contribution in [3.05, 3.63) is 64.9 Å². The number of hydrogen-bond donors (Lipinski definition) is 1. The van der Waals surface area contributed by atoms with Crippen LogP contribution in [0.5, 0.6) is 5.75 Å². The van der Waals surface area contributed by atoms with E-state index < -0.39 is 0 Å². The molecule has 1 N–H and O–H groups in total. The van der Waals surface area contributed by atoms with Crippen LogP contribution in [-0.2, 0) is 6.61 Å². The minimum absolute atomic E-state index is 0.0577. The van der Waals surface area contributed by atoms with E-state index in [2.05, 4.69) is 5.32 Å². The Hall–Kier alpha value is -3.06. The minimum atomic E-state index is -0.0932. The van der Waals surface area contributed by atoms with Crippen molar-refractivity contribution in [3.8, 4) is 16.2 Å². The Morgan fingerprint density at radius 2 is 1.93 bits per heavy atom. The minimum Gasteiger partial charge on any atom is -0.488 e. The Labute approximate surface area is 172 Å². The van der Waals surface area contributed by atoms with Crippen molar-refractivity contribution in [1.82, 2.24) is 10.2 Å². The van der Waals surface area contributed by atoms with Crippen molar-refractivity contribution in [2.24, 2.45) is 0 Å². The molecule has 2 aliphatic rings. The van der Waals surface area contributed by atoms with Gasteiger partial charge in [0.25, 0.3) is 11.8 Å². The number of carbonyl (C=O) groups excluding carboxylic acids is 2. The van der Waals surface area contributed by atoms with Crippen LogP contribution in [-0.4, -0.2) is 35.8 Å². The molecule has 0 unspecified atom stereocenters. The third-order valence-corrected chi connectivity index (χ3v) is 6.61. The monoisotopic (exact) mass is 408 g/mol. The number of carbonyl (C=O) groups is 2. The molecule has 1 saturated heterocycles. The lowest BCUT2D eigenvalue weighted by atomic mass is 10.0. The second-order valence-electron chi connectivity index (χ2n) is 7.27. The standard InChI is InChI=1S/C22H20N2O4S/c25-21(19-12-14-13-28-17-5-2-1-4-16(17)20(14)29-19)23-15-7-9-24(10-8-15)22(26)18-6-3-11-27-18/h1-6,11-12,15H,7-10,13H2,(H,23,25). The SMILES string of the molecule is O=C(NC1CCN(C(=O)c2ccco2)CC1)c1cc2c(s1)-c1ccccc1OC2. The van der Waals surface area contributed by atoms with Gasteiger partial charge in [-0.25, -0.2) is 0 Å². The summed E-state index contributed by atoms with van der Waals surface area (Å²) in [6, 6.07) is 13.3. The number of para-hydroxylation sites is 1. The fourth-order valence-electron chi connectivity index (χ4n) is 3.85. The van der Waals surface area contributed by atoms with E-state index in [1.807, 2.05) is 30.3 Å². The molecule has 148 valence electrons. The highest BCUT2D eigenvalue weighted by Gasteiger charge is 2.27. The summed E-state index contributed by atoms with van der Waals surface area (Å²) in [4.78, 5) is 28.7. The van der Waals surface area contributed by atoms with Crippen LogP contribution in [0.4, 0.5) is 0 Å². The van der Waals surface area contributed by atoms with Gasteiger partial charge in [0.2, 0.25) is 0 Å². The zero-order valence-electron chi connectivity index (χ0n) is 15.7. The molecule has 0 saturated carbocycles. The second kappa shape index (κ2) is 7.40. The van der Waals surface area contributed by atoms with E-state index >= 15 is 0 Å². The van der Waals surface area contributed by atoms with E-state index in [-0.39, 0.29) is 17.9 Å². The van der Waals surface area contributed by atoms with Crippen LogP contribution >= 0.6 is 11.3 Å². The number of fused-ring (bicyclic) bond motifs is 3. The number of ether oxygens (including phenoxy) is 1.